The molecule has 10 rings (SSSR count). The number of nitrogens with zero attached hydrogens (tertiary/aromatic N) is 3. The second-order valence-electron chi connectivity index (χ2n) is 16.6. The highest BCUT2D eigenvalue weighted by Crippen LogP contribution is 2.47. The molecule has 0 atom stereocenters. The van der Waals surface area contributed by atoms with Crippen LogP contribution in [0.5, 0.6) is 0 Å². The van der Waals surface area contributed by atoms with Gasteiger partial charge in [0, 0.05) is 27.1 Å². The largest absolute Gasteiger partial charge is 0.416 e. The highest BCUT2D eigenvalue weighted by Gasteiger charge is 2.38. The van der Waals surface area contributed by atoms with Crippen LogP contribution in [-0.4, -0.2) is 9.13 Å². The molecule has 0 N–H and O–H groups in total. The molecule has 0 bridgehead atoms. The summed E-state index contributed by atoms with van der Waals surface area (Å²) < 4.78 is 92.9. The molecule has 10 aromatic rings. The van der Waals surface area contributed by atoms with Gasteiger partial charge in [0.2, 0.25) is 0 Å². The van der Waals surface area contributed by atoms with Crippen LogP contribution < -0.4 is 0 Å². The molecular weight excluding hydrogens is 817 g/mol. The summed E-state index contributed by atoms with van der Waals surface area (Å²) in [6.45, 7) is 8.06. The van der Waals surface area contributed by atoms with Crippen molar-refractivity contribution in [2.45, 2.75) is 40.0 Å². The van der Waals surface area contributed by atoms with Crippen LogP contribution in [0.1, 0.15) is 38.9 Å². The molecule has 0 saturated heterocycles. The van der Waals surface area contributed by atoms with Gasteiger partial charge in [-0.25, -0.2) is 0 Å². The van der Waals surface area contributed by atoms with E-state index in [1.54, 1.807) is 12.1 Å². The smallest absolute Gasteiger partial charge is 0.308 e. The lowest BCUT2D eigenvalue weighted by molar-refractivity contribution is -0.143. The molecule has 2 aromatic heterocycles. The van der Waals surface area contributed by atoms with E-state index in [0.717, 1.165) is 78.2 Å². The third-order valence-electron chi connectivity index (χ3n) is 12.3. The van der Waals surface area contributed by atoms with Crippen LogP contribution in [0.2, 0.25) is 0 Å². The quantitative estimate of drug-likeness (QED) is 0.159. The van der Waals surface area contributed by atoms with Crippen molar-refractivity contribution in [2.24, 2.45) is 0 Å². The lowest BCUT2D eigenvalue weighted by Gasteiger charge is -2.23. The molecular formula is C55H37F6N3. The first-order chi connectivity index (χ1) is 30.6. The average Bonchev–Trinajstić information content (AvgIpc) is 3.77. The Balaban J connectivity index is 1.40. The molecule has 0 spiro atoms. The summed E-state index contributed by atoms with van der Waals surface area (Å²) in [6.07, 6.45) is -10.2. The molecule has 3 nitrogen and oxygen atoms in total. The third kappa shape index (κ3) is 6.69. The second kappa shape index (κ2) is 14.8. The number of para-hydroxylation sites is 2. The highest BCUT2D eigenvalue weighted by atomic mass is 19.4. The number of hydrogen-bond acceptors (Lipinski definition) is 1. The minimum atomic E-state index is -5.12. The monoisotopic (exact) mass is 853 g/mol. The summed E-state index contributed by atoms with van der Waals surface area (Å²) in [4.78, 5) is 0. The molecule has 9 heteroatoms. The topological polar surface area (TPSA) is 33.6 Å². The van der Waals surface area contributed by atoms with Crippen molar-refractivity contribution in [2.75, 3.05) is 0 Å². The van der Waals surface area contributed by atoms with Crippen LogP contribution in [0.3, 0.4) is 0 Å². The summed E-state index contributed by atoms with van der Waals surface area (Å²) in [5.74, 6) is 0. The fourth-order valence-electron chi connectivity index (χ4n) is 9.49. The van der Waals surface area contributed by atoms with E-state index in [1.807, 2.05) is 146 Å². The number of halogens is 6. The Bertz CT molecular complexity index is 3370. The van der Waals surface area contributed by atoms with Crippen LogP contribution >= 0.6 is 0 Å². The molecule has 0 aliphatic rings. The van der Waals surface area contributed by atoms with E-state index in [-0.39, 0.29) is 34.1 Å². The molecule has 64 heavy (non-hydrogen) atoms. The maximum atomic E-state index is 14.9. The SMILES string of the molecule is Cc1ccc(-c2ccc3c4ccccc4n(-c4cc(C#N)cc(-n5c6ccccc6c6ccc(-c7ccc(C)cc7C)cc65)c4-c4cc(C(F)(F)F)cc(C(F)(F)F)c4)c3c2)c(C)c1. The van der Waals surface area contributed by atoms with Gasteiger partial charge in [-0.05, 0) is 121 Å². The van der Waals surface area contributed by atoms with E-state index in [9.17, 15) is 31.6 Å². The van der Waals surface area contributed by atoms with E-state index in [1.165, 1.54) is 0 Å². The van der Waals surface area contributed by atoms with Gasteiger partial charge >= 0.3 is 12.4 Å². The van der Waals surface area contributed by atoms with Crippen molar-refractivity contribution in [3.05, 3.63) is 191 Å². The van der Waals surface area contributed by atoms with Gasteiger partial charge in [-0.15, -0.1) is 0 Å². The number of benzene rings is 8. The second-order valence-corrected chi connectivity index (χ2v) is 16.6. The Morgan fingerprint density at radius 2 is 0.844 bits per heavy atom. The first-order valence-electron chi connectivity index (χ1n) is 20.7. The number of aryl methyl sites for hydroxylation is 4. The van der Waals surface area contributed by atoms with Gasteiger partial charge in [-0.1, -0.05) is 108 Å². The normalized spacial score (nSPS) is 12.2. The standard InChI is InChI=1S/C55H37F6N3/c1-31-13-17-41(33(3)21-31)36-15-19-45-43-9-5-7-11-47(43)63(49(45)27-36)51-23-35(30-62)24-52(53(51)38-25-39(54(56,57)58)29-40(26-38)55(59,60)61)64-48-12-8-6-10-44(48)46-20-16-37(28-50(46)64)42-18-14-32(2)22-34(42)4/h5-29H,1-4H3. The molecule has 0 radical (unpaired) electrons. The molecule has 0 fully saturated rings. The van der Waals surface area contributed by atoms with Crippen LogP contribution in [0, 0.1) is 39.0 Å². The van der Waals surface area contributed by atoms with Gasteiger partial charge in [0.05, 0.1) is 56.2 Å². The third-order valence-corrected chi connectivity index (χ3v) is 12.3. The zero-order valence-electron chi connectivity index (χ0n) is 35.0. The Labute approximate surface area is 364 Å². The molecule has 8 aromatic carbocycles. The Morgan fingerprint density at radius 3 is 1.25 bits per heavy atom. The Hall–Kier alpha value is -7.57. The zero-order valence-corrected chi connectivity index (χ0v) is 35.0. The van der Waals surface area contributed by atoms with Crippen molar-refractivity contribution in [1.82, 2.24) is 9.13 Å². The van der Waals surface area contributed by atoms with Crippen molar-refractivity contribution in [1.29, 1.82) is 5.26 Å². The number of alkyl halides is 6. The maximum Gasteiger partial charge on any atom is 0.416 e. The first-order valence-corrected chi connectivity index (χ1v) is 20.7. The summed E-state index contributed by atoms with van der Waals surface area (Å²) >= 11 is 0. The number of rotatable bonds is 5. The lowest BCUT2D eigenvalue weighted by Crippen LogP contribution is -2.12. The summed E-state index contributed by atoms with van der Waals surface area (Å²) in [5.41, 5.74) is 8.04. The van der Waals surface area contributed by atoms with Crippen molar-refractivity contribution in [3.8, 4) is 50.8 Å². The van der Waals surface area contributed by atoms with Gasteiger partial charge in [-0.3, -0.25) is 0 Å². The van der Waals surface area contributed by atoms with Crippen molar-refractivity contribution >= 4 is 43.6 Å². The summed E-state index contributed by atoms with van der Waals surface area (Å²) in [7, 11) is 0. The fourth-order valence-corrected chi connectivity index (χ4v) is 9.49. The van der Waals surface area contributed by atoms with Gasteiger partial charge in [-0.2, -0.15) is 31.6 Å². The molecule has 0 unspecified atom stereocenters. The van der Waals surface area contributed by atoms with Crippen molar-refractivity contribution in [3.63, 3.8) is 0 Å². The Morgan fingerprint density at radius 1 is 0.422 bits per heavy atom. The van der Waals surface area contributed by atoms with Crippen LogP contribution in [0.25, 0.3) is 88.4 Å². The summed E-state index contributed by atoms with van der Waals surface area (Å²) in [5, 5.41) is 14.1. The van der Waals surface area contributed by atoms with E-state index in [4.69, 9.17) is 0 Å². The highest BCUT2D eigenvalue weighted by molar-refractivity contribution is 6.13. The molecule has 0 aliphatic carbocycles. The van der Waals surface area contributed by atoms with Gasteiger partial charge in [0.25, 0.3) is 0 Å². The average molecular weight is 854 g/mol. The molecule has 314 valence electrons. The van der Waals surface area contributed by atoms with Crippen LogP contribution in [0.15, 0.2) is 152 Å². The Kier molecular flexibility index (Phi) is 9.35. The molecule has 0 saturated carbocycles. The first kappa shape index (κ1) is 40.5. The van der Waals surface area contributed by atoms with E-state index in [0.29, 0.717) is 22.1 Å². The minimum Gasteiger partial charge on any atom is -0.308 e. The number of fused-ring (bicyclic) bond motifs is 6. The van der Waals surface area contributed by atoms with E-state index in [2.05, 4.69) is 18.2 Å². The van der Waals surface area contributed by atoms with Crippen molar-refractivity contribution < 1.29 is 26.3 Å². The number of aromatic nitrogens is 2. The fraction of sp³-hybridized carbons (Fsp3) is 0.109. The van der Waals surface area contributed by atoms with E-state index < -0.39 is 23.5 Å². The molecule has 0 amide bonds. The predicted octanol–water partition coefficient (Wildman–Crippen LogP) is 16.0. The van der Waals surface area contributed by atoms with Crippen LogP contribution in [-0.2, 0) is 12.4 Å². The number of nitriles is 1. The summed E-state index contributed by atoms with van der Waals surface area (Å²) in [6, 6.07) is 46.5. The number of hydrogen-bond donors (Lipinski definition) is 0. The van der Waals surface area contributed by atoms with Gasteiger partial charge in [0.15, 0.2) is 0 Å². The predicted molar refractivity (Wildman–Crippen MR) is 245 cm³/mol. The maximum absolute atomic E-state index is 14.9. The van der Waals surface area contributed by atoms with Crippen LogP contribution in [0.4, 0.5) is 26.3 Å². The van der Waals surface area contributed by atoms with E-state index >= 15 is 0 Å². The lowest BCUT2D eigenvalue weighted by atomic mass is 9.94. The zero-order chi connectivity index (χ0) is 44.8. The molecule has 0 aliphatic heterocycles. The molecule has 2 heterocycles. The minimum absolute atomic E-state index is 0.0785. The van der Waals surface area contributed by atoms with Gasteiger partial charge in [0.1, 0.15) is 0 Å². The van der Waals surface area contributed by atoms with Gasteiger partial charge < -0.3 is 9.13 Å².